The molecule has 1 atom stereocenters. The second kappa shape index (κ2) is 14.7. The molecule has 1 aliphatic rings. The number of anilines is 1. The van der Waals surface area contributed by atoms with E-state index in [2.05, 4.69) is 5.32 Å². The number of amides is 2. The highest BCUT2D eigenvalue weighted by molar-refractivity contribution is 7.92. The van der Waals surface area contributed by atoms with Crippen molar-refractivity contribution in [2.45, 2.75) is 69.5 Å². The summed E-state index contributed by atoms with van der Waals surface area (Å²) >= 11 is 6.45. The second-order valence-electron chi connectivity index (χ2n) is 10.4. The van der Waals surface area contributed by atoms with Gasteiger partial charge in [0.05, 0.1) is 17.2 Å². The van der Waals surface area contributed by atoms with Crippen LogP contribution in [0.5, 0.6) is 5.75 Å². The number of hydrogen-bond donors (Lipinski definition) is 1. The van der Waals surface area contributed by atoms with Gasteiger partial charge < -0.3 is 15.0 Å². The van der Waals surface area contributed by atoms with Crippen molar-refractivity contribution < 1.29 is 27.1 Å². The fraction of sp³-hybridized carbons (Fsp3) is 0.375. The minimum atomic E-state index is -4.30. The number of ether oxygens (including phenoxy) is 1. The molecule has 8 nitrogen and oxygen atoms in total. The molecule has 43 heavy (non-hydrogen) atoms. The lowest BCUT2D eigenvalue weighted by Crippen LogP contribution is -2.53. The number of benzene rings is 3. The van der Waals surface area contributed by atoms with E-state index in [9.17, 15) is 22.4 Å². The van der Waals surface area contributed by atoms with Crippen LogP contribution < -0.4 is 14.4 Å². The molecule has 11 heteroatoms. The normalized spacial score (nSPS) is 14.2. The summed E-state index contributed by atoms with van der Waals surface area (Å²) in [6.45, 7) is 3.41. The van der Waals surface area contributed by atoms with Crippen molar-refractivity contribution in [2.75, 3.05) is 17.5 Å². The maximum atomic E-state index is 14.2. The molecule has 0 saturated heterocycles. The largest absolute Gasteiger partial charge is 0.494 e. The lowest BCUT2D eigenvalue weighted by molar-refractivity contribution is -0.140. The predicted octanol–water partition coefficient (Wildman–Crippen LogP) is 5.94. The van der Waals surface area contributed by atoms with E-state index in [0.717, 1.165) is 42.1 Å². The first-order chi connectivity index (χ1) is 20.6. The fourth-order valence-corrected chi connectivity index (χ4v) is 6.84. The van der Waals surface area contributed by atoms with Gasteiger partial charge in [-0.05, 0) is 86.3 Å². The molecule has 230 valence electrons. The van der Waals surface area contributed by atoms with Gasteiger partial charge in [-0.2, -0.15) is 0 Å². The van der Waals surface area contributed by atoms with Crippen molar-refractivity contribution in [3.8, 4) is 5.75 Å². The van der Waals surface area contributed by atoms with E-state index >= 15 is 0 Å². The van der Waals surface area contributed by atoms with Gasteiger partial charge >= 0.3 is 0 Å². The monoisotopic (exact) mass is 629 g/mol. The molecule has 0 bridgehead atoms. The molecule has 3 aromatic carbocycles. The van der Waals surface area contributed by atoms with Crippen LogP contribution in [0.2, 0.25) is 5.02 Å². The Morgan fingerprint density at radius 2 is 1.65 bits per heavy atom. The second-order valence-corrected chi connectivity index (χ2v) is 12.7. The van der Waals surface area contributed by atoms with E-state index in [1.54, 1.807) is 31.2 Å². The Morgan fingerprint density at radius 3 is 2.26 bits per heavy atom. The molecule has 1 N–H and O–H groups in total. The Morgan fingerprint density at radius 1 is 1.00 bits per heavy atom. The Kier molecular flexibility index (Phi) is 11.0. The molecule has 0 heterocycles. The molecular weight excluding hydrogens is 593 g/mol. The van der Waals surface area contributed by atoms with Crippen LogP contribution >= 0.6 is 11.6 Å². The molecule has 1 unspecified atom stereocenters. The molecule has 0 radical (unpaired) electrons. The van der Waals surface area contributed by atoms with Crippen molar-refractivity contribution in [2.24, 2.45) is 0 Å². The van der Waals surface area contributed by atoms with Crippen molar-refractivity contribution in [3.63, 3.8) is 0 Å². The first-order valence-electron chi connectivity index (χ1n) is 14.5. The minimum absolute atomic E-state index is 0.00450. The highest BCUT2D eigenvalue weighted by Gasteiger charge is 2.35. The van der Waals surface area contributed by atoms with Gasteiger partial charge in [0.2, 0.25) is 11.8 Å². The summed E-state index contributed by atoms with van der Waals surface area (Å²) in [6.07, 6.45) is 4.11. The average molecular weight is 630 g/mol. The molecule has 1 fully saturated rings. The van der Waals surface area contributed by atoms with E-state index in [1.807, 2.05) is 6.92 Å². The van der Waals surface area contributed by atoms with E-state index in [0.29, 0.717) is 29.4 Å². The summed E-state index contributed by atoms with van der Waals surface area (Å²) in [4.78, 5) is 29.0. The maximum Gasteiger partial charge on any atom is 0.264 e. The molecule has 0 aliphatic heterocycles. The summed E-state index contributed by atoms with van der Waals surface area (Å²) in [7, 11) is -4.30. The fourth-order valence-electron chi connectivity index (χ4n) is 5.23. The number of sulfonamides is 1. The van der Waals surface area contributed by atoms with Gasteiger partial charge in [-0.3, -0.25) is 13.9 Å². The third kappa shape index (κ3) is 8.06. The van der Waals surface area contributed by atoms with Crippen LogP contribution in [-0.2, 0) is 26.2 Å². The molecule has 2 amide bonds. The average Bonchev–Trinajstić information content (AvgIpc) is 3.50. The third-order valence-corrected chi connectivity index (χ3v) is 9.66. The zero-order valence-corrected chi connectivity index (χ0v) is 25.9. The quantitative estimate of drug-likeness (QED) is 0.253. The zero-order chi connectivity index (χ0) is 31.0. The van der Waals surface area contributed by atoms with Gasteiger partial charge in [-0.1, -0.05) is 49.6 Å². The van der Waals surface area contributed by atoms with Crippen molar-refractivity contribution in [3.05, 3.63) is 89.2 Å². The molecule has 3 aromatic rings. The Bertz CT molecular complexity index is 1500. The Labute approximate surface area is 257 Å². The number of hydrogen-bond acceptors (Lipinski definition) is 5. The molecule has 4 rings (SSSR count). The van der Waals surface area contributed by atoms with Crippen LogP contribution in [0.3, 0.4) is 0 Å². The van der Waals surface area contributed by atoms with Crippen LogP contribution in [0, 0.1) is 5.82 Å². The smallest absolute Gasteiger partial charge is 0.264 e. The molecular formula is C32H37ClFN3O5S. The number of nitrogens with one attached hydrogen (secondary N) is 1. The van der Waals surface area contributed by atoms with E-state index in [1.165, 1.54) is 41.3 Å². The zero-order valence-electron chi connectivity index (χ0n) is 24.3. The lowest BCUT2D eigenvalue weighted by atomic mass is 10.1. The number of carbonyl (C=O) groups excluding carboxylic acids is 2. The summed E-state index contributed by atoms with van der Waals surface area (Å²) in [6, 6.07) is 16.9. The Balaban J connectivity index is 1.71. The number of rotatable bonds is 13. The maximum absolute atomic E-state index is 14.2. The predicted molar refractivity (Wildman–Crippen MR) is 165 cm³/mol. The van der Waals surface area contributed by atoms with Crippen molar-refractivity contribution >= 4 is 39.1 Å². The van der Waals surface area contributed by atoms with Crippen molar-refractivity contribution in [1.29, 1.82) is 0 Å². The SMILES string of the molecule is CCOc1ccc(S(=O)(=O)N(CC(=O)N(Cc2ccccc2Cl)C(CC)C(=O)NC2CCCC2)c2ccc(F)cc2)cc1. The first kappa shape index (κ1) is 32.3. The van der Waals surface area contributed by atoms with Gasteiger partial charge in [-0.25, -0.2) is 12.8 Å². The van der Waals surface area contributed by atoms with Gasteiger partial charge in [0, 0.05) is 17.6 Å². The summed E-state index contributed by atoms with van der Waals surface area (Å²) in [5.41, 5.74) is 0.720. The van der Waals surface area contributed by atoms with Gasteiger partial charge in [0.1, 0.15) is 24.2 Å². The summed E-state index contributed by atoms with van der Waals surface area (Å²) in [5, 5.41) is 3.50. The van der Waals surface area contributed by atoms with Gasteiger partial charge in [-0.15, -0.1) is 0 Å². The highest BCUT2D eigenvalue weighted by atomic mass is 35.5. The number of halogens is 2. The van der Waals surface area contributed by atoms with Gasteiger partial charge in [0.25, 0.3) is 10.0 Å². The molecule has 1 saturated carbocycles. The third-order valence-electron chi connectivity index (χ3n) is 7.50. The van der Waals surface area contributed by atoms with Gasteiger partial charge in [0.15, 0.2) is 0 Å². The van der Waals surface area contributed by atoms with Crippen LogP contribution in [0.15, 0.2) is 77.7 Å². The highest BCUT2D eigenvalue weighted by Crippen LogP contribution is 2.27. The Hall–Kier alpha value is -3.63. The number of carbonyl (C=O) groups is 2. The van der Waals surface area contributed by atoms with E-state index in [-0.39, 0.29) is 29.1 Å². The molecule has 1 aliphatic carbocycles. The molecule has 0 spiro atoms. The topological polar surface area (TPSA) is 96.0 Å². The van der Waals surface area contributed by atoms with Crippen LogP contribution in [0.25, 0.3) is 0 Å². The van der Waals surface area contributed by atoms with Crippen LogP contribution in [0.4, 0.5) is 10.1 Å². The molecule has 0 aromatic heterocycles. The lowest BCUT2D eigenvalue weighted by Gasteiger charge is -2.34. The first-order valence-corrected chi connectivity index (χ1v) is 16.3. The van der Waals surface area contributed by atoms with Crippen LogP contribution in [0.1, 0.15) is 51.5 Å². The summed E-state index contributed by atoms with van der Waals surface area (Å²) < 4.78 is 48.2. The van der Waals surface area contributed by atoms with E-state index < -0.39 is 34.3 Å². The minimum Gasteiger partial charge on any atom is -0.494 e. The summed E-state index contributed by atoms with van der Waals surface area (Å²) in [5.74, 6) is -0.955. The van der Waals surface area contributed by atoms with Crippen molar-refractivity contribution in [1.82, 2.24) is 10.2 Å². The van der Waals surface area contributed by atoms with Crippen LogP contribution in [-0.4, -0.2) is 50.4 Å². The number of nitrogens with zero attached hydrogens (tertiary/aromatic N) is 2. The van der Waals surface area contributed by atoms with E-state index in [4.69, 9.17) is 16.3 Å². The standard InChI is InChI=1S/C32H37ClFN3O5S/c1-3-30(32(39)35-25-10-6-7-11-25)36(21-23-9-5-8-12-29(23)33)31(38)22-37(26-15-13-24(34)14-16-26)43(40,41)28-19-17-27(18-20-28)42-4-2/h5,8-9,12-20,25,30H,3-4,6-7,10-11,21-22H2,1-2H3,(H,35,39).